The molecule has 20 heavy (non-hydrogen) atoms. The molecule has 2 aromatic rings. The number of aryl methyl sites for hydroxylation is 1. The van der Waals surface area contributed by atoms with Crippen LogP contribution in [0, 0.1) is 0 Å². The number of carboxylic acids is 1. The lowest BCUT2D eigenvalue weighted by atomic mass is 10.0. The first kappa shape index (κ1) is 14.2. The Morgan fingerprint density at radius 1 is 1.30 bits per heavy atom. The number of aromatic nitrogens is 3. The van der Waals surface area contributed by atoms with E-state index in [1.807, 2.05) is 35.8 Å². The minimum Gasteiger partial charge on any atom is -0.481 e. The van der Waals surface area contributed by atoms with E-state index in [9.17, 15) is 4.79 Å². The molecule has 0 fully saturated rings. The van der Waals surface area contributed by atoms with Crippen molar-refractivity contribution in [2.24, 2.45) is 0 Å². The molecule has 0 aliphatic heterocycles. The maximum Gasteiger partial charge on any atom is 0.307 e. The first-order valence-electron chi connectivity index (χ1n) is 6.56. The summed E-state index contributed by atoms with van der Waals surface area (Å²) < 4.78 is 1.97. The summed E-state index contributed by atoms with van der Waals surface area (Å²) in [6.07, 6.45) is 1.75. The Hall–Kier alpha value is -2.21. The van der Waals surface area contributed by atoms with Crippen molar-refractivity contribution >= 4 is 5.97 Å². The molecule has 0 unspecified atom stereocenters. The zero-order chi connectivity index (χ0) is 14.4. The van der Waals surface area contributed by atoms with Gasteiger partial charge in [-0.3, -0.25) is 4.79 Å². The highest BCUT2D eigenvalue weighted by molar-refractivity contribution is 5.70. The van der Waals surface area contributed by atoms with E-state index in [1.165, 1.54) is 0 Å². The molecule has 0 bridgehead atoms. The molecule has 1 aromatic carbocycles. The zero-order valence-electron chi connectivity index (χ0n) is 11.4. The van der Waals surface area contributed by atoms with Crippen molar-refractivity contribution in [2.45, 2.75) is 33.0 Å². The standard InChI is InChI=1S/C14H18N4O2/c1-2-18-10-16-17-13(18)9-15-8-12-6-4-3-5-11(12)7-14(19)20/h3-6,10,15H,2,7-9H2,1H3,(H,19,20). The zero-order valence-corrected chi connectivity index (χ0v) is 11.4. The molecule has 0 atom stereocenters. The highest BCUT2D eigenvalue weighted by Gasteiger charge is 2.07. The van der Waals surface area contributed by atoms with E-state index in [2.05, 4.69) is 15.5 Å². The predicted molar refractivity (Wildman–Crippen MR) is 74.0 cm³/mol. The SMILES string of the molecule is CCn1cnnc1CNCc1ccccc1CC(=O)O. The van der Waals surface area contributed by atoms with E-state index in [1.54, 1.807) is 6.33 Å². The molecule has 0 saturated heterocycles. The van der Waals surface area contributed by atoms with Gasteiger partial charge in [0.2, 0.25) is 0 Å². The van der Waals surface area contributed by atoms with Crippen molar-refractivity contribution in [3.8, 4) is 0 Å². The van der Waals surface area contributed by atoms with Crippen LogP contribution in [0.1, 0.15) is 23.9 Å². The van der Waals surface area contributed by atoms with Crippen molar-refractivity contribution < 1.29 is 9.90 Å². The molecule has 1 aromatic heterocycles. The smallest absolute Gasteiger partial charge is 0.307 e. The lowest BCUT2D eigenvalue weighted by molar-refractivity contribution is -0.136. The van der Waals surface area contributed by atoms with E-state index in [-0.39, 0.29) is 6.42 Å². The Morgan fingerprint density at radius 2 is 2.05 bits per heavy atom. The largest absolute Gasteiger partial charge is 0.481 e. The molecule has 2 rings (SSSR count). The second-order valence-electron chi connectivity index (χ2n) is 4.48. The molecule has 1 heterocycles. The third-order valence-corrected chi connectivity index (χ3v) is 3.10. The second kappa shape index (κ2) is 6.81. The van der Waals surface area contributed by atoms with Gasteiger partial charge in [0.05, 0.1) is 13.0 Å². The van der Waals surface area contributed by atoms with Crippen molar-refractivity contribution in [3.63, 3.8) is 0 Å². The Morgan fingerprint density at radius 3 is 2.75 bits per heavy atom. The van der Waals surface area contributed by atoms with Crippen LogP contribution in [-0.4, -0.2) is 25.8 Å². The molecular formula is C14H18N4O2. The number of benzene rings is 1. The number of carboxylic acid groups (broad SMARTS) is 1. The second-order valence-corrected chi connectivity index (χ2v) is 4.48. The van der Waals surface area contributed by atoms with Crippen molar-refractivity contribution in [1.82, 2.24) is 20.1 Å². The maximum absolute atomic E-state index is 10.8. The molecule has 6 nitrogen and oxygen atoms in total. The van der Waals surface area contributed by atoms with Crippen LogP contribution < -0.4 is 5.32 Å². The van der Waals surface area contributed by atoms with E-state index in [4.69, 9.17) is 5.11 Å². The average Bonchev–Trinajstić information content (AvgIpc) is 2.87. The number of hydrogen-bond donors (Lipinski definition) is 2. The summed E-state index contributed by atoms with van der Waals surface area (Å²) >= 11 is 0. The number of carbonyl (C=O) groups is 1. The van der Waals surface area contributed by atoms with Gasteiger partial charge < -0.3 is 15.0 Å². The molecule has 6 heteroatoms. The van der Waals surface area contributed by atoms with Crippen LogP contribution in [-0.2, 0) is 30.8 Å². The normalized spacial score (nSPS) is 10.7. The minimum atomic E-state index is -0.817. The van der Waals surface area contributed by atoms with Gasteiger partial charge in [-0.05, 0) is 18.1 Å². The van der Waals surface area contributed by atoms with E-state index < -0.39 is 5.97 Å². The molecule has 0 aliphatic carbocycles. The topological polar surface area (TPSA) is 80.0 Å². The fraction of sp³-hybridized carbons (Fsp3) is 0.357. The van der Waals surface area contributed by atoms with E-state index in [0.717, 1.165) is 23.5 Å². The monoisotopic (exact) mass is 274 g/mol. The van der Waals surface area contributed by atoms with Gasteiger partial charge >= 0.3 is 5.97 Å². The molecule has 2 N–H and O–H groups in total. The molecule has 0 radical (unpaired) electrons. The summed E-state index contributed by atoms with van der Waals surface area (Å²) in [4.78, 5) is 10.8. The summed E-state index contributed by atoms with van der Waals surface area (Å²) in [5, 5.41) is 20.1. The predicted octanol–water partition coefficient (Wildman–Crippen LogP) is 1.21. The van der Waals surface area contributed by atoms with Crippen LogP contribution in [0.2, 0.25) is 0 Å². The quantitative estimate of drug-likeness (QED) is 0.793. The van der Waals surface area contributed by atoms with Gasteiger partial charge in [0.25, 0.3) is 0 Å². The lowest BCUT2D eigenvalue weighted by Gasteiger charge is -2.09. The van der Waals surface area contributed by atoms with Gasteiger partial charge in [-0.15, -0.1) is 10.2 Å². The average molecular weight is 274 g/mol. The number of aliphatic carboxylic acids is 1. The molecule has 0 spiro atoms. The maximum atomic E-state index is 10.8. The molecule has 106 valence electrons. The molecule has 0 amide bonds. The highest BCUT2D eigenvalue weighted by Crippen LogP contribution is 2.09. The first-order chi connectivity index (χ1) is 9.70. The van der Waals surface area contributed by atoms with Crippen molar-refractivity contribution in [3.05, 3.63) is 47.5 Å². The Kier molecular flexibility index (Phi) is 4.84. The van der Waals surface area contributed by atoms with Gasteiger partial charge in [-0.2, -0.15) is 0 Å². The fourth-order valence-electron chi connectivity index (χ4n) is 2.05. The third-order valence-electron chi connectivity index (χ3n) is 3.10. The number of nitrogens with zero attached hydrogens (tertiary/aromatic N) is 3. The summed E-state index contributed by atoms with van der Waals surface area (Å²) in [6.45, 7) is 4.09. The van der Waals surface area contributed by atoms with Crippen LogP contribution in [0.3, 0.4) is 0 Å². The lowest BCUT2D eigenvalue weighted by Crippen LogP contribution is -2.18. The number of hydrogen-bond acceptors (Lipinski definition) is 4. The van der Waals surface area contributed by atoms with E-state index >= 15 is 0 Å². The first-order valence-corrected chi connectivity index (χ1v) is 6.56. The van der Waals surface area contributed by atoms with Gasteiger partial charge in [0.1, 0.15) is 12.2 Å². The van der Waals surface area contributed by atoms with Gasteiger partial charge in [-0.1, -0.05) is 24.3 Å². The highest BCUT2D eigenvalue weighted by atomic mass is 16.4. The summed E-state index contributed by atoms with van der Waals surface area (Å²) in [5.41, 5.74) is 1.84. The molecule has 0 aliphatic rings. The van der Waals surface area contributed by atoms with Crippen LogP contribution >= 0.6 is 0 Å². The van der Waals surface area contributed by atoms with E-state index in [0.29, 0.717) is 13.1 Å². The van der Waals surface area contributed by atoms with Gasteiger partial charge in [0.15, 0.2) is 0 Å². The van der Waals surface area contributed by atoms with Crippen molar-refractivity contribution in [2.75, 3.05) is 0 Å². The summed E-state index contributed by atoms with van der Waals surface area (Å²) in [7, 11) is 0. The Balaban J connectivity index is 1.95. The third kappa shape index (κ3) is 3.64. The Bertz CT molecular complexity index is 580. The minimum absolute atomic E-state index is 0.0446. The van der Waals surface area contributed by atoms with Gasteiger partial charge in [0, 0.05) is 13.1 Å². The van der Waals surface area contributed by atoms with Crippen molar-refractivity contribution in [1.29, 1.82) is 0 Å². The van der Waals surface area contributed by atoms with Crippen LogP contribution in [0.15, 0.2) is 30.6 Å². The Labute approximate surface area is 117 Å². The van der Waals surface area contributed by atoms with Crippen LogP contribution in [0.5, 0.6) is 0 Å². The van der Waals surface area contributed by atoms with Gasteiger partial charge in [-0.25, -0.2) is 0 Å². The summed E-state index contributed by atoms with van der Waals surface area (Å²) in [5.74, 6) is 0.0615. The van der Waals surface area contributed by atoms with Crippen LogP contribution in [0.4, 0.5) is 0 Å². The summed E-state index contributed by atoms with van der Waals surface area (Å²) in [6, 6.07) is 7.56. The molecule has 0 saturated carbocycles. The fourth-order valence-corrected chi connectivity index (χ4v) is 2.05. The molecular weight excluding hydrogens is 256 g/mol. The number of nitrogens with one attached hydrogen (secondary N) is 1. The van der Waals surface area contributed by atoms with Crippen LogP contribution in [0.25, 0.3) is 0 Å². The number of rotatable bonds is 7.